The van der Waals surface area contributed by atoms with Gasteiger partial charge >= 0.3 is 0 Å². The maximum atomic E-state index is 9.41. The van der Waals surface area contributed by atoms with Gasteiger partial charge in [-0.1, -0.05) is 0 Å². The largest absolute Gasteiger partial charge is 0.351 e. The van der Waals surface area contributed by atoms with Crippen molar-refractivity contribution < 1.29 is 9.84 Å². The van der Waals surface area contributed by atoms with E-state index in [-0.39, 0.29) is 0 Å². The molecule has 0 fully saturated rings. The second kappa shape index (κ2) is 5.21. The van der Waals surface area contributed by atoms with Gasteiger partial charge in [0.15, 0.2) is 6.79 Å². The fourth-order valence-electron chi connectivity index (χ4n) is 0.113. The van der Waals surface area contributed by atoms with Gasteiger partial charge in [-0.15, -0.1) is 11.6 Å². The first kappa shape index (κ1) is 6.21. The number of rotatable bonds is 3. The summed E-state index contributed by atoms with van der Waals surface area (Å²) in [5, 5.41) is 9.41. The summed E-state index contributed by atoms with van der Waals surface area (Å²) in [6.45, 7) is -0.113. The quantitative estimate of drug-likeness (QED) is 0.297. The molecule has 0 saturated heterocycles. The average molecular weight is 110 g/mol. The summed E-state index contributed by atoms with van der Waals surface area (Å²) in [4.78, 5) is 0. The van der Waals surface area contributed by atoms with Crippen LogP contribution in [0.4, 0.5) is 0 Å². The van der Waals surface area contributed by atoms with Crippen LogP contribution in [0, 0.1) is 0 Å². The van der Waals surface area contributed by atoms with Crippen LogP contribution in [0.15, 0.2) is 0 Å². The summed E-state index contributed by atoms with van der Waals surface area (Å²) in [5.41, 5.74) is 0. The minimum atomic E-state index is -0.479. The molecule has 0 aliphatic heterocycles. The Hall–Kier alpha value is 0.210. The van der Waals surface area contributed by atoms with Gasteiger partial charge in [0.25, 0.3) is 0 Å². The Kier molecular flexibility index (Phi) is 5.39. The molecule has 1 radical (unpaired) electrons. The van der Waals surface area contributed by atoms with E-state index in [1.807, 2.05) is 0 Å². The molecular weight excluding hydrogens is 103 g/mol. The zero-order valence-electron chi connectivity index (χ0n) is 3.32. The van der Waals surface area contributed by atoms with Gasteiger partial charge in [-0.25, -0.2) is 5.11 Å². The van der Waals surface area contributed by atoms with E-state index in [4.69, 9.17) is 11.6 Å². The van der Waals surface area contributed by atoms with E-state index >= 15 is 0 Å². The van der Waals surface area contributed by atoms with Crippen LogP contribution in [0.2, 0.25) is 0 Å². The van der Waals surface area contributed by atoms with Crippen molar-refractivity contribution in [3.05, 3.63) is 0 Å². The van der Waals surface area contributed by atoms with Crippen LogP contribution in [0.5, 0.6) is 0 Å². The van der Waals surface area contributed by atoms with Crippen molar-refractivity contribution in [2.24, 2.45) is 0 Å². The summed E-state index contributed by atoms with van der Waals surface area (Å²) in [7, 11) is 0. The molecule has 0 rings (SSSR count). The minimum absolute atomic E-state index is 0.366. The third-order valence-corrected chi connectivity index (χ3v) is 0.459. The van der Waals surface area contributed by atoms with Gasteiger partial charge < -0.3 is 4.74 Å². The molecule has 0 saturated carbocycles. The Balaban J connectivity index is 2.34. The first-order valence-electron chi connectivity index (χ1n) is 1.63. The van der Waals surface area contributed by atoms with E-state index in [2.05, 4.69) is 4.74 Å². The maximum absolute atomic E-state index is 9.41. The minimum Gasteiger partial charge on any atom is -0.351 e. The van der Waals surface area contributed by atoms with E-state index in [0.717, 1.165) is 0 Å². The Labute approximate surface area is 41.7 Å². The van der Waals surface area contributed by atoms with Crippen LogP contribution >= 0.6 is 11.6 Å². The lowest BCUT2D eigenvalue weighted by Crippen LogP contribution is -1.93. The monoisotopic (exact) mass is 109 g/mol. The molecule has 37 valence electrons. The Morgan fingerprint density at radius 3 is 2.50 bits per heavy atom. The summed E-state index contributed by atoms with van der Waals surface area (Å²) in [6, 6.07) is 0. The second-order valence-electron chi connectivity index (χ2n) is 0.715. The van der Waals surface area contributed by atoms with Crippen molar-refractivity contribution in [1.82, 2.24) is 0 Å². The standard InChI is InChI=1S/C3H6ClO2/c4-1-2-6-3-5/h1-3H2. The summed E-state index contributed by atoms with van der Waals surface area (Å²) in [5.74, 6) is 0.405. The zero-order chi connectivity index (χ0) is 4.83. The summed E-state index contributed by atoms with van der Waals surface area (Å²) in [6.07, 6.45) is 0. The van der Waals surface area contributed by atoms with E-state index in [1.54, 1.807) is 0 Å². The molecule has 0 aromatic carbocycles. The molecule has 0 amide bonds. The summed E-state index contributed by atoms with van der Waals surface area (Å²) >= 11 is 5.12. The van der Waals surface area contributed by atoms with E-state index < -0.39 is 6.79 Å². The molecule has 0 unspecified atom stereocenters. The van der Waals surface area contributed by atoms with E-state index in [1.165, 1.54) is 0 Å². The van der Waals surface area contributed by atoms with Crippen LogP contribution in [-0.4, -0.2) is 19.3 Å². The third kappa shape index (κ3) is 4.21. The molecule has 6 heavy (non-hydrogen) atoms. The highest BCUT2D eigenvalue weighted by molar-refractivity contribution is 6.17. The van der Waals surface area contributed by atoms with Crippen LogP contribution in [0.3, 0.4) is 0 Å². The Bertz CT molecular complexity index is 20.8. The number of hydrogen-bond donors (Lipinski definition) is 0. The normalized spacial score (nSPS) is 9.00. The third-order valence-electron chi connectivity index (χ3n) is 0.305. The molecule has 0 aliphatic carbocycles. The van der Waals surface area contributed by atoms with Crippen LogP contribution < -0.4 is 0 Å². The first-order valence-corrected chi connectivity index (χ1v) is 2.17. The van der Waals surface area contributed by atoms with Crippen molar-refractivity contribution in [3.8, 4) is 0 Å². The van der Waals surface area contributed by atoms with Gasteiger partial charge in [-0.2, -0.15) is 0 Å². The van der Waals surface area contributed by atoms with Crippen molar-refractivity contribution in [3.63, 3.8) is 0 Å². The number of hydrogen-bond acceptors (Lipinski definition) is 1. The van der Waals surface area contributed by atoms with Gasteiger partial charge in [0.2, 0.25) is 0 Å². The lowest BCUT2D eigenvalue weighted by atomic mass is 10.9. The molecule has 0 N–H and O–H groups in total. The van der Waals surface area contributed by atoms with Gasteiger partial charge in [0.1, 0.15) is 0 Å². The fraction of sp³-hybridized carbons (Fsp3) is 1.00. The second-order valence-corrected chi connectivity index (χ2v) is 1.09. The SMILES string of the molecule is [O]COCCCl. The van der Waals surface area contributed by atoms with Crippen molar-refractivity contribution >= 4 is 11.6 Å². The maximum Gasteiger partial charge on any atom is 0.180 e. The highest BCUT2D eigenvalue weighted by Gasteiger charge is 1.76. The molecule has 0 atom stereocenters. The number of halogens is 1. The molecule has 2 nitrogen and oxygen atoms in total. The molecule has 0 spiro atoms. The predicted molar refractivity (Wildman–Crippen MR) is 22.2 cm³/mol. The van der Waals surface area contributed by atoms with Crippen LogP contribution in [0.25, 0.3) is 0 Å². The van der Waals surface area contributed by atoms with Crippen LogP contribution in [-0.2, 0) is 9.84 Å². The van der Waals surface area contributed by atoms with Gasteiger partial charge in [0, 0.05) is 5.88 Å². The highest BCUT2D eigenvalue weighted by Crippen LogP contribution is 1.74. The van der Waals surface area contributed by atoms with Gasteiger partial charge in [0.05, 0.1) is 6.61 Å². The fourth-order valence-corrected chi connectivity index (χ4v) is 0.223. The molecular formula is C3H6ClO2. The average Bonchev–Trinajstić information content (AvgIpc) is 1.61. The van der Waals surface area contributed by atoms with E-state index in [0.29, 0.717) is 12.5 Å². The van der Waals surface area contributed by atoms with Gasteiger partial charge in [-0.05, 0) is 0 Å². The molecule has 0 heterocycles. The first-order chi connectivity index (χ1) is 2.91. The molecule has 3 heteroatoms. The summed E-state index contributed by atoms with van der Waals surface area (Å²) < 4.78 is 4.30. The van der Waals surface area contributed by atoms with Crippen LogP contribution in [0.1, 0.15) is 0 Å². The zero-order valence-corrected chi connectivity index (χ0v) is 4.07. The number of alkyl halides is 1. The predicted octanol–water partition coefficient (Wildman–Crippen LogP) is 0.630. The number of ether oxygens (including phenoxy) is 1. The topological polar surface area (TPSA) is 29.1 Å². The van der Waals surface area contributed by atoms with Crippen molar-refractivity contribution in [1.29, 1.82) is 0 Å². The molecule has 0 aromatic heterocycles. The Morgan fingerprint density at radius 2 is 2.33 bits per heavy atom. The van der Waals surface area contributed by atoms with Crippen molar-refractivity contribution in [2.75, 3.05) is 19.3 Å². The lowest BCUT2D eigenvalue weighted by Gasteiger charge is -1.87. The lowest BCUT2D eigenvalue weighted by molar-refractivity contribution is -0.0375. The van der Waals surface area contributed by atoms with Gasteiger partial charge in [-0.3, -0.25) is 0 Å². The Morgan fingerprint density at radius 1 is 1.67 bits per heavy atom. The highest BCUT2D eigenvalue weighted by atomic mass is 35.5. The molecule has 0 bridgehead atoms. The van der Waals surface area contributed by atoms with Crippen molar-refractivity contribution in [2.45, 2.75) is 0 Å². The van der Waals surface area contributed by atoms with E-state index in [9.17, 15) is 5.11 Å². The molecule has 0 aromatic rings. The molecule has 0 aliphatic rings. The smallest absolute Gasteiger partial charge is 0.180 e.